The number of anilines is 1. The molecule has 2 N–H and O–H groups in total. The lowest BCUT2D eigenvalue weighted by Crippen LogP contribution is -3.15. The molecule has 5 heteroatoms. The van der Waals surface area contributed by atoms with Crippen molar-refractivity contribution in [2.45, 2.75) is 20.3 Å². The van der Waals surface area contributed by atoms with Crippen LogP contribution < -0.4 is 10.2 Å². The lowest BCUT2D eigenvalue weighted by atomic mass is 9.92. The summed E-state index contributed by atoms with van der Waals surface area (Å²) in [4.78, 5) is 17.3. The number of aromatic nitrogens is 1. The number of hydrogen-bond donors (Lipinski definition) is 2. The summed E-state index contributed by atoms with van der Waals surface area (Å²) in [5, 5.41) is 3.17. The minimum Gasteiger partial charge on any atom is -0.327 e. The molecule has 2 heterocycles. The summed E-state index contributed by atoms with van der Waals surface area (Å²) in [6.07, 6.45) is 2.87. The topological polar surface area (TPSA) is 46.4 Å². The Morgan fingerprint density at radius 2 is 2.16 bits per heavy atom. The van der Waals surface area contributed by atoms with Crippen molar-refractivity contribution in [3.8, 4) is 0 Å². The molecule has 104 valence electrons. The third-order valence-electron chi connectivity index (χ3n) is 3.52. The van der Waals surface area contributed by atoms with E-state index in [1.807, 2.05) is 0 Å². The normalized spacial score (nSPS) is 27.0. The maximum Gasteiger partial charge on any atom is 0.279 e. The number of rotatable bonds is 3. The summed E-state index contributed by atoms with van der Waals surface area (Å²) in [6, 6.07) is 3.53. The van der Waals surface area contributed by atoms with Gasteiger partial charge in [-0.1, -0.05) is 25.4 Å². The molecule has 1 aliphatic heterocycles. The number of halogens is 1. The molecule has 1 saturated heterocycles. The SMILES string of the molecule is C[C@@H]1C[C@@H](C)C[NH+](CC(=O)Nc2cccnc2Cl)C1. The Labute approximate surface area is 119 Å². The number of likely N-dealkylation sites (tertiary alicyclic amines) is 1. The highest BCUT2D eigenvalue weighted by Gasteiger charge is 2.26. The van der Waals surface area contributed by atoms with Crippen molar-refractivity contribution in [2.75, 3.05) is 25.0 Å². The standard InChI is InChI=1S/C14H20ClN3O/c1-10-6-11(2)8-18(7-10)9-13(19)17-12-4-3-5-16-14(12)15/h3-5,10-11H,6-9H2,1-2H3,(H,17,19)/p+1/t10-,11-/m1/s1. The highest BCUT2D eigenvalue weighted by molar-refractivity contribution is 6.32. The van der Waals surface area contributed by atoms with Gasteiger partial charge in [-0.3, -0.25) is 4.79 Å². The Bertz CT molecular complexity index is 442. The van der Waals surface area contributed by atoms with Crippen LogP contribution in [0.5, 0.6) is 0 Å². The van der Waals surface area contributed by atoms with E-state index in [0.717, 1.165) is 13.1 Å². The van der Waals surface area contributed by atoms with Gasteiger partial charge in [0.2, 0.25) is 0 Å². The van der Waals surface area contributed by atoms with Crippen molar-refractivity contribution in [3.63, 3.8) is 0 Å². The van der Waals surface area contributed by atoms with Crippen molar-refractivity contribution < 1.29 is 9.69 Å². The first kappa shape index (κ1) is 14.3. The van der Waals surface area contributed by atoms with Crippen LogP contribution in [0.25, 0.3) is 0 Å². The monoisotopic (exact) mass is 282 g/mol. The van der Waals surface area contributed by atoms with Gasteiger partial charge in [0.1, 0.15) is 0 Å². The van der Waals surface area contributed by atoms with Crippen LogP contribution in [0.2, 0.25) is 5.15 Å². The molecule has 0 radical (unpaired) electrons. The zero-order valence-corrected chi connectivity index (χ0v) is 12.2. The number of carbonyl (C=O) groups excluding carboxylic acids is 1. The second-order valence-corrected chi connectivity index (χ2v) is 6.03. The Morgan fingerprint density at radius 3 is 2.79 bits per heavy atom. The van der Waals surface area contributed by atoms with Crippen molar-refractivity contribution in [2.24, 2.45) is 11.8 Å². The molecule has 0 unspecified atom stereocenters. The lowest BCUT2D eigenvalue weighted by Gasteiger charge is -2.31. The Morgan fingerprint density at radius 1 is 1.47 bits per heavy atom. The lowest BCUT2D eigenvalue weighted by molar-refractivity contribution is -0.904. The summed E-state index contributed by atoms with van der Waals surface area (Å²) in [7, 11) is 0. The fourth-order valence-electron chi connectivity index (χ4n) is 2.97. The number of pyridine rings is 1. The highest BCUT2D eigenvalue weighted by atomic mass is 35.5. The van der Waals surface area contributed by atoms with E-state index in [0.29, 0.717) is 29.2 Å². The van der Waals surface area contributed by atoms with Crippen LogP contribution in [0, 0.1) is 11.8 Å². The first-order valence-electron chi connectivity index (χ1n) is 6.78. The molecule has 0 saturated carbocycles. The molecule has 0 aliphatic carbocycles. The Hall–Kier alpha value is -1.13. The molecule has 19 heavy (non-hydrogen) atoms. The number of nitrogens with one attached hydrogen (secondary N) is 2. The molecule has 0 spiro atoms. The molecular weight excluding hydrogens is 262 g/mol. The molecule has 2 atom stereocenters. The zero-order chi connectivity index (χ0) is 13.8. The van der Waals surface area contributed by atoms with Crippen LogP contribution >= 0.6 is 11.6 Å². The zero-order valence-electron chi connectivity index (χ0n) is 11.4. The molecule has 1 aromatic heterocycles. The summed E-state index contributed by atoms with van der Waals surface area (Å²) < 4.78 is 0. The minimum absolute atomic E-state index is 0.00574. The summed E-state index contributed by atoms with van der Waals surface area (Å²) in [5.41, 5.74) is 0.590. The fourth-order valence-corrected chi connectivity index (χ4v) is 3.13. The van der Waals surface area contributed by atoms with E-state index in [1.165, 1.54) is 11.3 Å². The van der Waals surface area contributed by atoms with E-state index in [4.69, 9.17) is 11.6 Å². The average molecular weight is 283 g/mol. The molecule has 2 rings (SSSR count). The molecule has 1 fully saturated rings. The van der Waals surface area contributed by atoms with Gasteiger partial charge in [0, 0.05) is 18.0 Å². The van der Waals surface area contributed by atoms with E-state index in [9.17, 15) is 4.79 Å². The molecule has 0 aromatic carbocycles. The van der Waals surface area contributed by atoms with Crippen molar-refractivity contribution in [3.05, 3.63) is 23.5 Å². The minimum atomic E-state index is 0.00574. The van der Waals surface area contributed by atoms with Gasteiger partial charge >= 0.3 is 0 Å². The van der Waals surface area contributed by atoms with Gasteiger partial charge in [-0.05, 0) is 18.6 Å². The van der Waals surface area contributed by atoms with Crippen LogP contribution in [0.4, 0.5) is 5.69 Å². The van der Waals surface area contributed by atoms with Crippen molar-refractivity contribution in [1.29, 1.82) is 0 Å². The number of piperidine rings is 1. The second-order valence-electron chi connectivity index (χ2n) is 5.67. The Kier molecular flexibility index (Phi) is 4.77. The molecule has 1 aromatic rings. The number of hydrogen-bond acceptors (Lipinski definition) is 2. The summed E-state index contributed by atoms with van der Waals surface area (Å²) in [6.45, 7) is 7.15. The second kappa shape index (κ2) is 6.35. The van der Waals surface area contributed by atoms with Crippen LogP contribution in [-0.2, 0) is 4.79 Å². The molecule has 1 aliphatic rings. The van der Waals surface area contributed by atoms with E-state index in [1.54, 1.807) is 18.3 Å². The van der Waals surface area contributed by atoms with Crippen LogP contribution in [0.3, 0.4) is 0 Å². The van der Waals surface area contributed by atoms with Crippen LogP contribution in [0.15, 0.2) is 18.3 Å². The maximum atomic E-state index is 12.0. The number of amides is 1. The van der Waals surface area contributed by atoms with Crippen molar-refractivity contribution in [1.82, 2.24) is 4.98 Å². The predicted molar refractivity (Wildman–Crippen MR) is 76.4 cm³/mol. The molecular formula is C14H21ClN3O+. The fraction of sp³-hybridized carbons (Fsp3) is 0.571. The number of quaternary nitrogens is 1. The van der Waals surface area contributed by atoms with E-state index >= 15 is 0 Å². The quantitative estimate of drug-likeness (QED) is 0.820. The van der Waals surface area contributed by atoms with Gasteiger partial charge in [-0.15, -0.1) is 0 Å². The van der Waals surface area contributed by atoms with E-state index in [-0.39, 0.29) is 5.91 Å². The van der Waals surface area contributed by atoms with Crippen molar-refractivity contribution >= 4 is 23.2 Å². The van der Waals surface area contributed by atoms with Crippen LogP contribution in [-0.4, -0.2) is 30.5 Å². The third kappa shape index (κ3) is 4.18. The third-order valence-corrected chi connectivity index (χ3v) is 3.82. The molecule has 0 bridgehead atoms. The molecule has 1 amide bonds. The molecule has 4 nitrogen and oxygen atoms in total. The maximum absolute atomic E-state index is 12.0. The van der Waals surface area contributed by atoms with Gasteiger partial charge in [-0.2, -0.15) is 0 Å². The summed E-state index contributed by atoms with van der Waals surface area (Å²) >= 11 is 5.92. The number of carbonyl (C=O) groups is 1. The highest BCUT2D eigenvalue weighted by Crippen LogP contribution is 2.17. The van der Waals surface area contributed by atoms with Gasteiger partial charge in [0.15, 0.2) is 11.7 Å². The van der Waals surface area contributed by atoms with Gasteiger partial charge < -0.3 is 10.2 Å². The van der Waals surface area contributed by atoms with Gasteiger partial charge in [0.05, 0.1) is 18.8 Å². The first-order valence-corrected chi connectivity index (χ1v) is 7.16. The van der Waals surface area contributed by atoms with Gasteiger partial charge in [0.25, 0.3) is 5.91 Å². The predicted octanol–water partition coefficient (Wildman–Crippen LogP) is 1.23. The largest absolute Gasteiger partial charge is 0.327 e. The summed E-state index contributed by atoms with van der Waals surface area (Å²) in [5.74, 6) is 1.38. The first-order chi connectivity index (χ1) is 9.04. The van der Waals surface area contributed by atoms with Crippen LogP contribution in [0.1, 0.15) is 20.3 Å². The Balaban J connectivity index is 1.89. The van der Waals surface area contributed by atoms with E-state index in [2.05, 4.69) is 24.1 Å². The van der Waals surface area contributed by atoms with E-state index < -0.39 is 0 Å². The van der Waals surface area contributed by atoms with Gasteiger partial charge in [-0.25, -0.2) is 4.98 Å². The average Bonchev–Trinajstić information content (AvgIpc) is 2.30. The number of nitrogens with zero attached hydrogens (tertiary/aromatic N) is 1. The smallest absolute Gasteiger partial charge is 0.279 e.